The number of fused-ring (bicyclic) bond motifs is 1. The molecule has 5 heteroatoms. The van der Waals surface area contributed by atoms with Gasteiger partial charge in [0, 0.05) is 16.2 Å². The Labute approximate surface area is 109 Å². The number of H-pyrrole nitrogens is 1. The minimum atomic E-state index is 0.596. The minimum Gasteiger partial charge on any atom is -0.338 e. The largest absolute Gasteiger partial charge is 0.338 e. The first-order chi connectivity index (χ1) is 9.26. The average Bonchev–Trinajstić information content (AvgIpc) is 2.83. The van der Waals surface area contributed by atoms with Gasteiger partial charge in [-0.1, -0.05) is 35.4 Å². The Morgan fingerprint density at radius 1 is 1.16 bits per heavy atom. The van der Waals surface area contributed by atoms with Gasteiger partial charge in [0.1, 0.15) is 5.82 Å². The van der Waals surface area contributed by atoms with Gasteiger partial charge in [-0.15, -0.1) is 0 Å². The summed E-state index contributed by atoms with van der Waals surface area (Å²) in [6.45, 7) is 2.05. The molecule has 0 radical (unpaired) electrons. The number of nitrogens with zero attached hydrogens (tertiary/aromatic N) is 4. The molecule has 2 aromatic carbocycles. The third-order valence-corrected chi connectivity index (χ3v) is 2.94. The number of benzene rings is 2. The van der Waals surface area contributed by atoms with Crippen molar-refractivity contribution in [1.29, 1.82) is 0 Å². The standard InChI is InChI=1S/C14H11N5/c1-9-2-7-12-13(8-9)17-14(16-12)10-3-5-11(6-4-10)18-19-15/h2-8H,1H3,(H,16,17). The van der Waals surface area contributed by atoms with Crippen molar-refractivity contribution in [2.75, 3.05) is 0 Å². The van der Waals surface area contributed by atoms with Crippen molar-refractivity contribution >= 4 is 16.7 Å². The molecular formula is C14H11N5. The van der Waals surface area contributed by atoms with Crippen molar-refractivity contribution in [2.45, 2.75) is 6.92 Å². The summed E-state index contributed by atoms with van der Waals surface area (Å²) < 4.78 is 0. The lowest BCUT2D eigenvalue weighted by molar-refractivity contribution is 1.33. The van der Waals surface area contributed by atoms with Crippen LogP contribution in [0.2, 0.25) is 0 Å². The van der Waals surface area contributed by atoms with E-state index in [-0.39, 0.29) is 0 Å². The zero-order chi connectivity index (χ0) is 13.2. The third-order valence-electron chi connectivity index (χ3n) is 2.94. The highest BCUT2D eigenvalue weighted by molar-refractivity contribution is 5.80. The molecule has 0 spiro atoms. The number of aromatic nitrogens is 2. The Morgan fingerprint density at radius 3 is 2.68 bits per heavy atom. The molecule has 0 aliphatic heterocycles. The van der Waals surface area contributed by atoms with Crippen molar-refractivity contribution in [2.24, 2.45) is 5.11 Å². The number of azide groups is 1. The molecule has 0 aliphatic carbocycles. The lowest BCUT2D eigenvalue weighted by Gasteiger charge is -1.96. The molecule has 0 saturated heterocycles. The highest BCUT2D eigenvalue weighted by atomic mass is 15.1. The van der Waals surface area contributed by atoms with E-state index in [9.17, 15) is 0 Å². The lowest BCUT2D eigenvalue weighted by Crippen LogP contribution is -1.78. The van der Waals surface area contributed by atoms with Crippen LogP contribution in [-0.4, -0.2) is 9.97 Å². The topological polar surface area (TPSA) is 77.4 Å². The fraction of sp³-hybridized carbons (Fsp3) is 0.0714. The molecule has 3 aromatic rings. The number of imidazole rings is 1. The fourth-order valence-corrected chi connectivity index (χ4v) is 2.00. The molecule has 1 aromatic heterocycles. The monoisotopic (exact) mass is 249 g/mol. The van der Waals surface area contributed by atoms with Gasteiger partial charge in [0.2, 0.25) is 0 Å². The summed E-state index contributed by atoms with van der Waals surface area (Å²) in [5.41, 5.74) is 13.1. The molecule has 92 valence electrons. The van der Waals surface area contributed by atoms with E-state index >= 15 is 0 Å². The molecule has 0 amide bonds. The van der Waals surface area contributed by atoms with Crippen LogP contribution in [0.3, 0.4) is 0 Å². The first-order valence-electron chi connectivity index (χ1n) is 5.88. The zero-order valence-electron chi connectivity index (χ0n) is 10.3. The molecule has 0 atom stereocenters. The van der Waals surface area contributed by atoms with Crippen LogP contribution in [0, 0.1) is 6.92 Å². The molecule has 0 fully saturated rings. The second-order valence-electron chi connectivity index (χ2n) is 4.34. The summed E-state index contributed by atoms with van der Waals surface area (Å²) in [4.78, 5) is 10.6. The normalized spacial score (nSPS) is 10.4. The van der Waals surface area contributed by atoms with Crippen molar-refractivity contribution in [3.05, 3.63) is 58.5 Å². The number of nitrogens with one attached hydrogen (secondary N) is 1. The van der Waals surface area contributed by atoms with Gasteiger partial charge in [0.15, 0.2) is 0 Å². The van der Waals surface area contributed by atoms with E-state index in [0.29, 0.717) is 5.69 Å². The SMILES string of the molecule is Cc1ccc2nc(-c3ccc(N=[N+]=[N-])cc3)[nH]c2c1. The number of hydrogen-bond donors (Lipinski definition) is 1. The predicted octanol–water partition coefficient (Wildman–Crippen LogP) is 4.48. The van der Waals surface area contributed by atoms with Gasteiger partial charge in [0.25, 0.3) is 0 Å². The third kappa shape index (κ3) is 2.14. The number of aromatic amines is 1. The molecular weight excluding hydrogens is 238 g/mol. The Bertz CT molecular complexity index is 779. The quantitative estimate of drug-likeness (QED) is 0.405. The summed E-state index contributed by atoms with van der Waals surface area (Å²) >= 11 is 0. The van der Waals surface area contributed by atoms with Gasteiger partial charge in [-0.2, -0.15) is 0 Å². The zero-order valence-corrected chi connectivity index (χ0v) is 10.3. The van der Waals surface area contributed by atoms with Gasteiger partial charge < -0.3 is 4.98 Å². The second-order valence-corrected chi connectivity index (χ2v) is 4.34. The Morgan fingerprint density at radius 2 is 1.95 bits per heavy atom. The van der Waals surface area contributed by atoms with E-state index in [1.54, 1.807) is 12.1 Å². The number of hydrogen-bond acceptors (Lipinski definition) is 2. The van der Waals surface area contributed by atoms with Gasteiger partial charge in [-0.05, 0) is 30.2 Å². The van der Waals surface area contributed by atoms with Crippen molar-refractivity contribution in [3.8, 4) is 11.4 Å². The minimum absolute atomic E-state index is 0.596. The highest BCUT2D eigenvalue weighted by Crippen LogP contribution is 2.23. The van der Waals surface area contributed by atoms with Crippen molar-refractivity contribution < 1.29 is 0 Å². The number of aryl methyl sites for hydroxylation is 1. The Balaban J connectivity index is 2.05. The maximum absolute atomic E-state index is 8.37. The van der Waals surface area contributed by atoms with Crippen LogP contribution in [0.4, 0.5) is 5.69 Å². The number of rotatable bonds is 2. The summed E-state index contributed by atoms with van der Waals surface area (Å²) in [6, 6.07) is 13.4. The molecule has 1 heterocycles. The van der Waals surface area contributed by atoms with Crippen LogP contribution in [0.15, 0.2) is 47.6 Å². The summed E-state index contributed by atoms with van der Waals surface area (Å²) in [5.74, 6) is 0.813. The molecule has 3 rings (SSSR count). The van der Waals surface area contributed by atoms with E-state index in [2.05, 4.69) is 33.0 Å². The van der Waals surface area contributed by atoms with Gasteiger partial charge in [-0.25, -0.2) is 4.98 Å². The van der Waals surface area contributed by atoms with Crippen LogP contribution < -0.4 is 0 Å². The van der Waals surface area contributed by atoms with Crippen molar-refractivity contribution in [1.82, 2.24) is 9.97 Å². The van der Waals surface area contributed by atoms with Crippen LogP contribution >= 0.6 is 0 Å². The van der Waals surface area contributed by atoms with Crippen LogP contribution in [0.5, 0.6) is 0 Å². The lowest BCUT2D eigenvalue weighted by atomic mass is 10.2. The molecule has 0 unspecified atom stereocenters. The smallest absolute Gasteiger partial charge is 0.138 e. The second kappa shape index (κ2) is 4.48. The highest BCUT2D eigenvalue weighted by Gasteiger charge is 2.05. The van der Waals surface area contributed by atoms with E-state index < -0.39 is 0 Å². The predicted molar refractivity (Wildman–Crippen MR) is 75.1 cm³/mol. The summed E-state index contributed by atoms with van der Waals surface area (Å²) in [5, 5.41) is 3.55. The molecule has 0 aliphatic rings. The van der Waals surface area contributed by atoms with E-state index in [1.165, 1.54) is 5.56 Å². The Hall–Kier alpha value is -2.78. The maximum atomic E-state index is 8.37. The maximum Gasteiger partial charge on any atom is 0.138 e. The van der Waals surface area contributed by atoms with E-state index in [1.807, 2.05) is 24.3 Å². The molecule has 1 N–H and O–H groups in total. The van der Waals surface area contributed by atoms with Gasteiger partial charge in [0.05, 0.1) is 11.0 Å². The average molecular weight is 249 g/mol. The van der Waals surface area contributed by atoms with Crippen LogP contribution in [0.1, 0.15) is 5.56 Å². The molecule has 0 bridgehead atoms. The van der Waals surface area contributed by atoms with Crippen LogP contribution in [-0.2, 0) is 0 Å². The fourth-order valence-electron chi connectivity index (χ4n) is 2.00. The summed E-state index contributed by atoms with van der Waals surface area (Å²) in [6.07, 6.45) is 0. The first-order valence-corrected chi connectivity index (χ1v) is 5.88. The van der Waals surface area contributed by atoms with Crippen molar-refractivity contribution in [3.63, 3.8) is 0 Å². The van der Waals surface area contributed by atoms with Gasteiger partial charge in [-0.3, -0.25) is 0 Å². The molecule has 5 nitrogen and oxygen atoms in total. The first kappa shape index (κ1) is 11.3. The summed E-state index contributed by atoms with van der Waals surface area (Å²) in [7, 11) is 0. The Kier molecular flexibility index (Phi) is 2.67. The van der Waals surface area contributed by atoms with Crippen LogP contribution in [0.25, 0.3) is 32.9 Å². The van der Waals surface area contributed by atoms with E-state index in [0.717, 1.165) is 22.4 Å². The molecule has 0 saturated carbocycles. The van der Waals surface area contributed by atoms with Gasteiger partial charge >= 0.3 is 0 Å². The van der Waals surface area contributed by atoms with E-state index in [4.69, 9.17) is 5.53 Å². The molecule has 19 heavy (non-hydrogen) atoms.